The zero-order valence-electron chi connectivity index (χ0n) is 14.8. The van der Waals surface area contributed by atoms with Gasteiger partial charge in [0.2, 0.25) is 17.7 Å². The zero-order chi connectivity index (χ0) is 17.9. The summed E-state index contributed by atoms with van der Waals surface area (Å²) in [6.45, 7) is 6.29. The predicted molar refractivity (Wildman–Crippen MR) is 92.7 cm³/mol. The van der Waals surface area contributed by atoms with Gasteiger partial charge in [-0.1, -0.05) is 31.5 Å². The van der Waals surface area contributed by atoms with Crippen LogP contribution in [0.1, 0.15) is 37.8 Å². The topological polar surface area (TPSA) is 78.5 Å². The standard InChI is InChI=1S/C19H23N3O3/c1-4-5-9-22-16(23)13-11(3)21-19(14(13)17(22)24)12-8-6-7-10(2)15(12)20-18(19)25/h6-8,11,13-14,21H,4-5,9H2,1-3H3,(H,20,25)/t11?,13-,14+,19?/m1/s1. The van der Waals surface area contributed by atoms with Crippen molar-refractivity contribution >= 4 is 23.4 Å². The highest BCUT2D eigenvalue weighted by molar-refractivity contribution is 6.15. The summed E-state index contributed by atoms with van der Waals surface area (Å²) in [5, 5.41) is 6.26. The number of hydrogen-bond donors (Lipinski definition) is 2. The van der Waals surface area contributed by atoms with Crippen LogP contribution in [-0.2, 0) is 19.9 Å². The molecule has 6 heteroatoms. The highest BCUT2D eigenvalue weighted by atomic mass is 16.2. The molecule has 3 aliphatic rings. The van der Waals surface area contributed by atoms with Crippen molar-refractivity contribution in [1.82, 2.24) is 10.2 Å². The third-order valence-electron chi connectivity index (χ3n) is 5.93. The van der Waals surface area contributed by atoms with Gasteiger partial charge < -0.3 is 5.32 Å². The van der Waals surface area contributed by atoms with Gasteiger partial charge in [-0.3, -0.25) is 24.6 Å². The van der Waals surface area contributed by atoms with Gasteiger partial charge in [-0.2, -0.15) is 0 Å². The molecule has 0 aromatic heterocycles. The van der Waals surface area contributed by atoms with Gasteiger partial charge in [0.05, 0.1) is 11.8 Å². The maximum atomic E-state index is 13.1. The van der Waals surface area contributed by atoms with Gasteiger partial charge in [0, 0.05) is 23.8 Å². The minimum absolute atomic E-state index is 0.144. The number of anilines is 1. The van der Waals surface area contributed by atoms with Crippen molar-refractivity contribution in [3.63, 3.8) is 0 Å². The molecule has 3 heterocycles. The van der Waals surface area contributed by atoms with E-state index in [0.717, 1.165) is 29.7 Å². The molecule has 6 nitrogen and oxygen atoms in total. The second kappa shape index (κ2) is 5.39. The van der Waals surface area contributed by atoms with Crippen molar-refractivity contribution in [2.75, 3.05) is 11.9 Å². The molecule has 132 valence electrons. The number of carbonyl (C=O) groups is 3. The molecular weight excluding hydrogens is 318 g/mol. The van der Waals surface area contributed by atoms with E-state index in [1.165, 1.54) is 4.90 Å². The summed E-state index contributed by atoms with van der Waals surface area (Å²) < 4.78 is 0. The highest BCUT2D eigenvalue weighted by Gasteiger charge is 2.69. The lowest BCUT2D eigenvalue weighted by Crippen LogP contribution is -2.52. The number of imide groups is 1. The third-order valence-corrected chi connectivity index (χ3v) is 5.93. The Hall–Kier alpha value is -2.21. The van der Waals surface area contributed by atoms with Crippen LogP contribution in [0.15, 0.2) is 18.2 Å². The van der Waals surface area contributed by atoms with Crippen LogP contribution < -0.4 is 10.6 Å². The first-order chi connectivity index (χ1) is 11.9. The number of benzene rings is 1. The number of fused-ring (bicyclic) bond motifs is 4. The largest absolute Gasteiger partial charge is 0.324 e. The van der Waals surface area contributed by atoms with Gasteiger partial charge in [-0.25, -0.2) is 0 Å². The van der Waals surface area contributed by atoms with E-state index in [1.54, 1.807) is 0 Å². The second-order valence-corrected chi connectivity index (χ2v) is 7.38. The summed E-state index contributed by atoms with van der Waals surface area (Å²) in [5.41, 5.74) is 1.37. The van der Waals surface area contributed by atoms with E-state index in [1.807, 2.05) is 39.0 Å². The zero-order valence-corrected chi connectivity index (χ0v) is 14.8. The lowest BCUT2D eigenvalue weighted by molar-refractivity contribution is -0.142. The van der Waals surface area contributed by atoms with Gasteiger partial charge in [0.1, 0.15) is 5.54 Å². The molecule has 0 saturated carbocycles. The van der Waals surface area contributed by atoms with Gasteiger partial charge in [-0.15, -0.1) is 0 Å². The Bertz CT molecular complexity index is 790. The molecule has 2 saturated heterocycles. The fourth-order valence-corrected chi connectivity index (χ4v) is 4.73. The first kappa shape index (κ1) is 16.3. The number of nitrogens with zero attached hydrogens (tertiary/aromatic N) is 1. The monoisotopic (exact) mass is 341 g/mol. The van der Waals surface area contributed by atoms with Crippen molar-refractivity contribution in [1.29, 1.82) is 0 Å². The van der Waals surface area contributed by atoms with Crippen LogP contribution in [0.3, 0.4) is 0 Å². The van der Waals surface area contributed by atoms with Crippen LogP contribution in [-0.4, -0.2) is 35.2 Å². The maximum Gasteiger partial charge on any atom is 0.250 e. The molecule has 0 aliphatic carbocycles. The molecule has 0 bridgehead atoms. The third kappa shape index (κ3) is 1.91. The number of unbranched alkanes of at least 4 members (excludes halogenated alkanes) is 1. The predicted octanol–water partition coefficient (Wildman–Crippen LogP) is 1.54. The molecular formula is C19H23N3O3. The van der Waals surface area contributed by atoms with Gasteiger partial charge in [0.25, 0.3) is 0 Å². The van der Waals surface area contributed by atoms with Crippen LogP contribution in [0.25, 0.3) is 0 Å². The Balaban J connectivity index is 1.84. The average molecular weight is 341 g/mol. The molecule has 4 rings (SSSR count). The summed E-state index contributed by atoms with van der Waals surface area (Å²) in [7, 11) is 0. The smallest absolute Gasteiger partial charge is 0.250 e. The molecule has 25 heavy (non-hydrogen) atoms. The normalized spacial score (nSPS) is 33.2. The number of amides is 3. The highest BCUT2D eigenvalue weighted by Crippen LogP contribution is 2.53. The van der Waals surface area contributed by atoms with Crippen LogP contribution >= 0.6 is 0 Å². The SMILES string of the molecule is CCCCN1C(=O)[C@@H]2C(C)NC3(C(=O)Nc4c(C)cccc43)[C@@H]2C1=O. The van der Waals surface area contributed by atoms with Crippen molar-refractivity contribution in [3.05, 3.63) is 29.3 Å². The van der Waals surface area contributed by atoms with Gasteiger partial charge >= 0.3 is 0 Å². The first-order valence-corrected chi connectivity index (χ1v) is 8.98. The summed E-state index contributed by atoms with van der Waals surface area (Å²) in [5.74, 6) is -1.75. The van der Waals surface area contributed by atoms with Crippen molar-refractivity contribution in [2.24, 2.45) is 11.8 Å². The van der Waals surface area contributed by atoms with E-state index < -0.39 is 17.4 Å². The van der Waals surface area contributed by atoms with Crippen molar-refractivity contribution < 1.29 is 14.4 Å². The van der Waals surface area contributed by atoms with E-state index in [2.05, 4.69) is 10.6 Å². The Labute approximate surface area is 147 Å². The summed E-state index contributed by atoms with van der Waals surface area (Å²) in [6, 6.07) is 5.48. The maximum absolute atomic E-state index is 13.1. The number of para-hydroxylation sites is 1. The Morgan fingerprint density at radius 2 is 1.96 bits per heavy atom. The van der Waals surface area contributed by atoms with Crippen LogP contribution in [0.2, 0.25) is 0 Å². The van der Waals surface area contributed by atoms with Gasteiger partial charge in [0.15, 0.2) is 0 Å². The van der Waals surface area contributed by atoms with Crippen LogP contribution in [0.5, 0.6) is 0 Å². The van der Waals surface area contributed by atoms with E-state index >= 15 is 0 Å². The Morgan fingerprint density at radius 3 is 2.68 bits per heavy atom. The summed E-state index contributed by atoms with van der Waals surface area (Å²) in [4.78, 5) is 40.4. The summed E-state index contributed by atoms with van der Waals surface area (Å²) in [6.07, 6.45) is 1.70. The number of rotatable bonds is 3. The number of carbonyl (C=O) groups excluding carboxylic acids is 3. The molecule has 2 unspecified atom stereocenters. The average Bonchev–Trinajstić information content (AvgIpc) is 3.13. The fraction of sp³-hybridized carbons (Fsp3) is 0.526. The molecule has 4 atom stereocenters. The van der Waals surface area contributed by atoms with E-state index in [-0.39, 0.29) is 23.8 Å². The molecule has 1 aromatic rings. The lowest BCUT2D eigenvalue weighted by atomic mass is 9.76. The van der Waals surface area contributed by atoms with Crippen molar-refractivity contribution in [3.8, 4) is 0 Å². The number of hydrogen-bond acceptors (Lipinski definition) is 4. The van der Waals surface area contributed by atoms with E-state index in [4.69, 9.17) is 0 Å². The van der Waals surface area contributed by atoms with Crippen LogP contribution in [0.4, 0.5) is 5.69 Å². The molecule has 2 N–H and O–H groups in total. The second-order valence-electron chi connectivity index (χ2n) is 7.38. The molecule has 1 spiro atoms. The fourth-order valence-electron chi connectivity index (χ4n) is 4.73. The minimum atomic E-state index is -1.14. The van der Waals surface area contributed by atoms with Crippen molar-refractivity contribution in [2.45, 2.75) is 45.2 Å². The van der Waals surface area contributed by atoms with E-state index in [0.29, 0.717) is 6.54 Å². The summed E-state index contributed by atoms with van der Waals surface area (Å²) >= 11 is 0. The number of nitrogens with one attached hydrogen (secondary N) is 2. The van der Waals surface area contributed by atoms with Crippen LogP contribution in [0, 0.1) is 18.8 Å². The number of aryl methyl sites for hydroxylation is 1. The molecule has 1 aromatic carbocycles. The molecule has 0 radical (unpaired) electrons. The molecule has 2 fully saturated rings. The number of likely N-dealkylation sites (tertiary alicyclic amines) is 1. The Morgan fingerprint density at radius 1 is 1.20 bits per heavy atom. The molecule has 3 aliphatic heterocycles. The Kier molecular flexibility index (Phi) is 3.51. The lowest BCUT2D eigenvalue weighted by Gasteiger charge is -2.29. The quantitative estimate of drug-likeness (QED) is 0.818. The first-order valence-electron chi connectivity index (χ1n) is 8.98. The van der Waals surface area contributed by atoms with Gasteiger partial charge in [-0.05, 0) is 25.8 Å². The molecule has 3 amide bonds. The minimum Gasteiger partial charge on any atom is -0.324 e. The van der Waals surface area contributed by atoms with E-state index in [9.17, 15) is 14.4 Å².